The van der Waals surface area contributed by atoms with E-state index in [1.165, 1.54) is 23.5 Å². The van der Waals surface area contributed by atoms with E-state index in [9.17, 15) is 9.18 Å². The Hall–Kier alpha value is -3.19. The standard InChI is InChI=1S/C20H16FN2O3S/c1-2-25-15-8-3-12-9-16(19(24)26-18(12)10-15)17-11-27-20(23-17)22-14-6-4-13(21)5-7-14/h3-11,22-23H,2H2,1H3. The van der Waals surface area contributed by atoms with Gasteiger partial charge < -0.3 is 19.8 Å². The summed E-state index contributed by atoms with van der Waals surface area (Å²) in [7, 11) is 0. The van der Waals surface area contributed by atoms with Crippen molar-refractivity contribution in [3.63, 3.8) is 0 Å². The zero-order valence-corrected chi connectivity index (χ0v) is 15.2. The van der Waals surface area contributed by atoms with Crippen LogP contribution < -0.4 is 21.0 Å². The fraction of sp³-hybridized carbons (Fsp3) is 0.100. The van der Waals surface area contributed by atoms with Gasteiger partial charge in [-0.25, -0.2) is 9.18 Å². The van der Waals surface area contributed by atoms with E-state index in [0.717, 1.165) is 16.2 Å². The van der Waals surface area contributed by atoms with Crippen LogP contribution in [0, 0.1) is 5.82 Å². The van der Waals surface area contributed by atoms with Gasteiger partial charge in [0, 0.05) is 22.5 Å². The van der Waals surface area contributed by atoms with Gasteiger partial charge in [0.05, 0.1) is 17.9 Å². The Kier molecular flexibility index (Phi) is 4.60. The Morgan fingerprint density at radius 1 is 1.19 bits per heavy atom. The molecule has 2 heterocycles. The van der Waals surface area contributed by atoms with E-state index in [-0.39, 0.29) is 5.82 Å². The van der Waals surface area contributed by atoms with Crippen molar-refractivity contribution in [3.05, 3.63) is 75.7 Å². The van der Waals surface area contributed by atoms with Crippen LogP contribution in [0.15, 0.2) is 63.2 Å². The SMILES string of the molecule is CCOc1ccc2cc(C3=C[S]=C(Nc4ccc(F)cc4)N3)c(=O)oc2c1. The predicted octanol–water partition coefficient (Wildman–Crippen LogP) is 4.17. The molecule has 0 bridgehead atoms. The van der Waals surface area contributed by atoms with Crippen molar-refractivity contribution >= 4 is 38.8 Å². The minimum atomic E-state index is -0.432. The molecule has 1 aliphatic rings. The highest BCUT2D eigenvalue weighted by atomic mass is 32.1. The Bertz CT molecular complexity index is 1120. The summed E-state index contributed by atoms with van der Waals surface area (Å²) < 4.78 is 23.9. The van der Waals surface area contributed by atoms with Crippen LogP contribution >= 0.6 is 11.4 Å². The maximum Gasteiger partial charge on any atom is 0.345 e. The van der Waals surface area contributed by atoms with E-state index in [2.05, 4.69) is 10.6 Å². The van der Waals surface area contributed by atoms with Crippen LogP contribution in [0.3, 0.4) is 0 Å². The van der Waals surface area contributed by atoms with Gasteiger partial charge in [-0.2, -0.15) is 0 Å². The Labute approximate surface area is 158 Å². The van der Waals surface area contributed by atoms with Crippen LogP contribution in [-0.2, 0) is 0 Å². The second-order valence-electron chi connectivity index (χ2n) is 5.82. The topological polar surface area (TPSA) is 63.5 Å². The van der Waals surface area contributed by atoms with E-state index in [0.29, 0.717) is 29.2 Å². The molecule has 0 fully saturated rings. The van der Waals surface area contributed by atoms with Crippen molar-refractivity contribution in [1.82, 2.24) is 5.32 Å². The van der Waals surface area contributed by atoms with E-state index in [1.807, 2.05) is 24.5 Å². The molecule has 27 heavy (non-hydrogen) atoms. The van der Waals surface area contributed by atoms with E-state index < -0.39 is 5.63 Å². The zero-order valence-electron chi connectivity index (χ0n) is 14.4. The van der Waals surface area contributed by atoms with Crippen LogP contribution in [0.4, 0.5) is 10.1 Å². The molecule has 0 aliphatic carbocycles. The van der Waals surface area contributed by atoms with Crippen molar-refractivity contribution < 1.29 is 13.5 Å². The zero-order chi connectivity index (χ0) is 18.8. The quantitative estimate of drug-likeness (QED) is 0.523. The average molecular weight is 383 g/mol. The molecular formula is C20H16FN2O3S. The van der Waals surface area contributed by atoms with Gasteiger partial charge in [0.25, 0.3) is 0 Å². The predicted molar refractivity (Wildman–Crippen MR) is 107 cm³/mol. The van der Waals surface area contributed by atoms with Crippen LogP contribution in [0.1, 0.15) is 12.5 Å². The molecule has 0 amide bonds. The van der Waals surface area contributed by atoms with Crippen molar-refractivity contribution in [3.8, 4) is 5.75 Å². The molecule has 5 nitrogen and oxygen atoms in total. The lowest BCUT2D eigenvalue weighted by molar-refractivity contribution is 0.340. The molecule has 4 rings (SSSR count). The van der Waals surface area contributed by atoms with Gasteiger partial charge in [0.2, 0.25) is 0 Å². The first-order valence-corrected chi connectivity index (χ1v) is 9.25. The van der Waals surface area contributed by atoms with Gasteiger partial charge in [-0.15, -0.1) is 11.4 Å². The molecule has 0 saturated carbocycles. The Balaban J connectivity index is 1.55. The number of anilines is 1. The minimum Gasteiger partial charge on any atom is -0.494 e. The lowest BCUT2D eigenvalue weighted by atomic mass is 10.1. The van der Waals surface area contributed by atoms with Gasteiger partial charge in [-0.1, -0.05) is 0 Å². The number of hydrogen-bond acceptors (Lipinski definition) is 5. The lowest BCUT2D eigenvalue weighted by Crippen LogP contribution is -2.26. The molecule has 1 aromatic heterocycles. The smallest absolute Gasteiger partial charge is 0.345 e. The van der Waals surface area contributed by atoms with Crippen LogP contribution in [0.5, 0.6) is 5.75 Å². The molecule has 1 aliphatic heterocycles. The number of nitrogens with one attached hydrogen (secondary N) is 2. The summed E-state index contributed by atoms with van der Waals surface area (Å²) >= 11 is 1.41. The molecule has 0 atom stereocenters. The highest BCUT2D eigenvalue weighted by molar-refractivity contribution is 8.02. The van der Waals surface area contributed by atoms with Gasteiger partial charge in [0.1, 0.15) is 17.1 Å². The van der Waals surface area contributed by atoms with Crippen molar-refractivity contribution in [2.24, 2.45) is 0 Å². The summed E-state index contributed by atoms with van der Waals surface area (Å²) in [4.78, 5) is 12.4. The summed E-state index contributed by atoms with van der Waals surface area (Å²) in [5.74, 6) is 0.367. The third-order valence-corrected chi connectivity index (χ3v) is 4.75. The number of benzene rings is 2. The van der Waals surface area contributed by atoms with Crippen molar-refractivity contribution in [2.75, 3.05) is 11.9 Å². The molecule has 7 heteroatoms. The molecule has 137 valence electrons. The van der Waals surface area contributed by atoms with Gasteiger partial charge in [-0.3, -0.25) is 0 Å². The summed E-state index contributed by atoms with van der Waals surface area (Å²) in [6.07, 6.45) is 0. The third-order valence-electron chi connectivity index (χ3n) is 3.95. The molecule has 0 spiro atoms. The highest BCUT2D eigenvalue weighted by Gasteiger charge is 2.16. The van der Waals surface area contributed by atoms with Crippen LogP contribution in [0.25, 0.3) is 16.7 Å². The number of rotatable bonds is 4. The first-order valence-electron chi connectivity index (χ1n) is 8.37. The van der Waals surface area contributed by atoms with Crippen molar-refractivity contribution in [1.29, 1.82) is 0 Å². The monoisotopic (exact) mass is 383 g/mol. The van der Waals surface area contributed by atoms with Gasteiger partial charge >= 0.3 is 5.63 Å². The van der Waals surface area contributed by atoms with Gasteiger partial charge in [0.15, 0.2) is 5.11 Å². The minimum absolute atomic E-state index is 0.294. The second kappa shape index (κ2) is 7.20. The van der Waals surface area contributed by atoms with E-state index in [1.54, 1.807) is 24.3 Å². The summed E-state index contributed by atoms with van der Waals surface area (Å²) in [6.45, 7) is 2.44. The lowest BCUT2D eigenvalue weighted by Gasteiger charge is -2.10. The summed E-state index contributed by atoms with van der Waals surface area (Å²) in [6, 6.07) is 13.2. The van der Waals surface area contributed by atoms with Crippen LogP contribution in [-0.4, -0.2) is 11.7 Å². The molecular weight excluding hydrogens is 367 g/mol. The fourth-order valence-electron chi connectivity index (χ4n) is 2.69. The highest BCUT2D eigenvalue weighted by Crippen LogP contribution is 2.24. The number of ether oxygens (including phenoxy) is 1. The second-order valence-corrected chi connectivity index (χ2v) is 6.70. The Morgan fingerprint density at radius 3 is 2.78 bits per heavy atom. The molecule has 0 unspecified atom stereocenters. The summed E-state index contributed by atoms with van der Waals surface area (Å²) in [5.41, 5.74) is 1.88. The fourth-order valence-corrected chi connectivity index (χ4v) is 3.46. The third kappa shape index (κ3) is 3.68. The van der Waals surface area contributed by atoms with Crippen LogP contribution in [0.2, 0.25) is 0 Å². The molecule has 2 N–H and O–H groups in total. The number of hydrogen-bond donors (Lipinski definition) is 2. The average Bonchev–Trinajstić information content (AvgIpc) is 3.11. The maximum absolute atomic E-state index is 13.0. The Morgan fingerprint density at radius 2 is 2.00 bits per heavy atom. The van der Waals surface area contributed by atoms with E-state index in [4.69, 9.17) is 9.15 Å². The van der Waals surface area contributed by atoms with Crippen molar-refractivity contribution in [2.45, 2.75) is 6.92 Å². The normalized spacial score (nSPS) is 13.1. The molecule has 1 radical (unpaired) electrons. The number of fused-ring (bicyclic) bond motifs is 1. The first kappa shape index (κ1) is 17.2. The largest absolute Gasteiger partial charge is 0.494 e. The maximum atomic E-state index is 13.0. The number of halogens is 1. The first-order chi connectivity index (χ1) is 13.1. The van der Waals surface area contributed by atoms with Gasteiger partial charge in [-0.05, 0) is 49.4 Å². The van der Waals surface area contributed by atoms with E-state index >= 15 is 0 Å². The summed E-state index contributed by atoms with van der Waals surface area (Å²) in [5, 5.41) is 9.67. The molecule has 0 saturated heterocycles. The molecule has 3 aromatic rings. The molecule has 2 aromatic carbocycles.